The molecule has 2 aromatic carbocycles. The van der Waals surface area contributed by atoms with E-state index in [4.69, 9.17) is 16.3 Å². The third-order valence-corrected chi connectivity index (χ3v) is 8.67. The number of amides is 1. The Labute approximate surface area is 274 Å². The number of carbonyl (C=O) groups is 1. The van der Waals surface area contributed by atoms with E-state index in [-0.39, 0.29) is 22.9 Å². The summed E-state index contributed by atoms with van der Waals surface area (Å²) in [6.07, 6.45) is 18.4. The molecule has 0 radical (unpaired) electrons. The molecular formula is C35H50BrClN2O2S. The molecule has 0 saturated carbocycles. The molecule has 3 rings (SSSR count). The highest BCUT2D eigenvalue weighted by molar-refractivity contribution is 7.09. The number of hydrogen-bond donors (Lipinski definition) is 0. The van der Waals surface area contributed by atoms with Crippen molar-refractivity contribution in [1.82, 2.24) is 0 Å². The van der Waals surface area contributed by atoms with Crippen LogP contribution in [-0.4, -0.2) is 12.5 Å². The van der Waals surface area contributed by atoms with Crippen LogP contribution in [0.1, 0.15) is 113 Å². The van der Waals surface area contributed by atoms with Crippen molar-refractivity contribution in [2.75, 3.05) is 11.5 Å². The number of hydrogen-bond acceptors (Lipinski definition) is 3. The van der Waals surface area contributed by atoms with Gasteiger partial charge in [0.05, 0.1) is 23.1 Å². The molecule has 0 fully saturated rings. The van der Waals surface area contributed by atoms with Crippen LogP contribution in [0.2, 0.25) is 5.02 Å². The normalized spacial score (nSPS) is 10.9. The number of anilines is 1. The van der Waals surface area contributed by atoms with Gasteiger partial charge in [-0.15, -0.1) is 0 Å². The highest BCUT2D eigenvalue weighted by Gasteiger charge is 2.17. The Morgan fingerprint density at radius 3 is 2.17 bits per heavy atom. The number of halogens is 2. The van der Waals surface area contributed by atoms with E-state index in [9.17, 15) is 4.79 Å². The van der Waals surface area contributed by atoms with Gasteiger partial charge in [-0.3, -0.25) is 4.79 Å². The summed E-state index contributed by atoms with van der Waals surface area (Å²) in [5.41, 5.74) is 5.22. The molecule has 4 nitrogen and oxygen atoms in total. The van der Waals surface area contributed by atoms with Crippen molar-refractivity contribution in [3.63, 3.8) is 0 Å². The van der Waals surface area contributed by atoms with Crippen LogP contribution >= 0.6 is 22.9 Å². The van der Waals surface area contributed by atoms with Crippen LogP contribution < -0.4 is 31.2 Å². The summed E-state index contributed by atoms with van der Waals surface area (Å²) >= 11 is 8.22. The van der Waals surface area contributed by atoms with Crippen LogP contribution in [0, 0.1) is 6.92 Å². The van der Waals surface area contributed by atoms with Crippen molar-refractivity contribution >= 4 is 34.5 Å². The molecule has 0 saturated heterocycles. The molecule has 232 valence electrons. The quantitative estimate of drug-likeness (QED) is 0.0947. The fourth-order valence-corrected chi connectivity index (χ4v) is 5.95. The van der Waals surface area contributed by atoms with Crippen molar-refractivity contribution in [3.8, 4) is 5.75 Å². The Morgan fingerprint density at radius 1 is 0.881 bits per heavy atom. The van der Waals surface area contributed by atoms with Crippen molar-refractivity contribution < 1.29 is 31.1 Å². The molecule has 0 atom stereocenters. The summed E-state index contributed by atoms with van der Waals surface area (Å²) in [6, 6.07) is 14.1. The van der Waals surface area contributed by atoms with Gasteiger partial charge in [0.25, 0.3) is 0 Å². The summed E-state index contributed by atoms with van der Waals surface area (Å²) < 4.78 is 8.28. The second-order valence-corrected chi connectivity index (χ2v) is 12.6. The molecule has 1 heterocycles. The largest absolute Gasteiger partial charge is 1.00 e. The standard InChI is InChI=1S/C35H50ClN2O2S.BrH/c1-4-6-7-8-9-10-11-12-13-14-15-16-22-40-34-24-31(20-21-33(34)36)27-38(35(39)5-2)32-19-17-18-30(23-32)26-37-25-29(3)41-28-37;/h17-21,23-25,28H,4-16,22,26-27H2,1-3H3;1H/q+1;/p-1. The van der Waals surface area contributed by atoms with E-state index in [1.54, 1.807) is 11.3 Å². The maximum Gasteiger partial charge on any atom is 0.227 e. The van der Waals surface area contributed by atoms with Gasteiger partial charge in [-0.1, -0.05) is 126 Å². The van der Waals surface area contributed by atoms with E-state index in [1.807, 2.05) is 42.2 Å². The zero-order chi connectivity index (χ0) is 29.3. The maximum atomic E-state index is 13.0. The van der Waals surface area contributed by atoms with Gasteiger partial charge in [0.1, 0.15) is 5.75 Å². The Balaban J connectivity index is 0.00000616. The van der Waals surface area contributed by atoms with Crippen LogP contribution in [0.3, 0.4) is 0 Å². The third kappa shape index (κ3) is 13.2. The van der Waals surface area contributed by atoms with E-state index in [0.717, 1.165) is 24.2 Å². The van der Waals surface area contributed by atoms with E-state index in [0.29, 0.717) is 30.3 Å². The summed E-state index contributed by atoms with van der Waals surface area (Å²) in [6.45, 7) is 8.23. The number of thiazole rings is 1. The predicted molar refractivity (Wildman–Crippen MR) is 174 cm³/mol. The average Bonchev–Trinajstić information content (AvgIpc) is 3.39. The minimum Gasteiger partial charge on any atom is -1.00 e. The zero-order valence-electron chi connectivity index (χ0n) is 25.9. The number of nitrogens with zero attached hydrogens (tertiary/aromatic N) is 2. The molecule has 7 heteroatoms. The minimum absolute atomic E-state index is 0. The highest BCUT2D eigenvalue weighted by Crippen LogP contribution is 2.28. The van der Waals surface area contributed by atoms with Gasteiger partial charge in [-0.2, -0.15) is 4.57 Å². The number of carbonyl (C=O) groups excluding carboxylic acids is 1. The lowest BCUT2D eigenvalue weighted by molar-refractivity contribution is -0.683. The molecule has 0 spiro atoms. The fourth-order valence-electron chi connectivity index (χ4n) is 5.14. The van der Waals surface area contributed by atoms with Gasteiger partial charge in [0, 0.05) is 17.7 Å². The second kappa shape index (κ2) is 20.9. The number of aromatic nitrogens is 1. The van der Waals surface area contributed by atoms with Gasteiger partial charge >= 0.3 is 0 Å². The minimum atomic E-state index is 0. The van der Waals surface area contributed by atoms with E-state index in [2.05, 4.69) is 42.3 Å². The van der Waals surface area contributed by atoms with Gasteiger partial charge in [-0.25, -0.2) is 0 Å². The van der Waals surface area contributed by atoms with E-state index < -0.39 is 0 Å². The molecule has 0 bridgehead atoms. The Morgan fingerprint density at radius 2 is 1.55 bits per heavy atom. The predicted octanol–water partition coefficient (Wildman–Crippen LogP) is 7.07. The van der Waals surface area contributed by atoms with Crippen LogP contribution in [0.5, 0.6) is 5.75 Å². The lowest BCUT2D eigenvalue weighted by atomic mass is 10.1. The van der Waals surface area contributed by atoms with Gasteiger partial charge in [0.15, 0.2) is 12.7 Å². The van der Waals surface area contributed by atoms with E-state index >= 15 is 0 Å². The smallest absolute Gasteiger partial charge is 0.227 e. The van der Waals surface area contributed by atoms with Crippen LogP contribution in [-0.2, 0) is 17.9 Å². The maximum absolute atomic E-state index is 13.0. The van der Waals surface area contributed by atoms with Gasteiger partial charge < -0.3 is 26.6 Å². The Hall–Kier alpha value is -1.89. The first kappa shape index (κ1) is 36.3. The third-order valence-electron chi connectivity index (χ3n) is 7.50. The molecule has 0 aliphatic heterocycles. The molecule has 1 amide bonds. The zero-order valence-corrected chi connectivity index (χ0v) is 29.0. The monoisotopic (exact) mass is 676 g/mol. The number of ether oxygens (including phenoxy) is 1. The molecule has 0 aliphatic rings. The summed E-state index contributed by atoms with van der Waals surface area (Å²) in [5.74, 6) is 0.796. The molecule has 0 N–H and O–H groups in total. The average molecular weight is 678 g/mol. The summed E-state index contributed by atoms with van der Waals surface area (Å²) in [4.78, 5) is 16.2. The van der Waals surface area contributed by atoms with E-state index in [1.165, 1.54) is 81.1 Å². The highest BCUT2D eigenvalue weighted by atomic mass is 79.9. The fraction of sp³-hybridized carbons (Fsp3) is 0.543. The Bertz CT molecular complexity index is 1190. The van der Waals surface area contributed by atoms with Crippen molar-refractivity contribution in [3.05, 3.63) is 75.2 Å². The first-order chi connectivity index (χ1) is 20.0. The van der Waals surface area contributed by atoms with Gasteiger partial charge in [0.2, 0.25) is 11.4 Å². The molecule has 1 aromatic heterocycles. The van der Waals surface area contributed by atoms with Crippen LogP contribution in [0.4, 0.5) is 5.69 Å². The van der Waals surface area contributed by atoms with Crippen molar-refractivity contribution in [1.29, 1.82) is 0 Å². The van der Waals surface area contributed by atoms with Crippen molar-refractivity contribution in [2.24, 2.45) is 0 Å². The Kier molecular flexibility index (Phi) is 18.1. The second-order valence-electron chi connectivity index (χ2n) is 11.1. The first-order valence-corrected chi connectivity index (χ1v) is 17.0. The number of benzene rings is 2. The number of aryl methyl sites for hydroxylation is 1. The number of unbranched alkanes of at least 4 members (excludes halogenated alkanes) is 11. The van der Waals surface area contributed by atoms with Gasteiger partial charge in [-0.05, 0) is 43.2 Å². The van der Waals surface area contributed by atoms with Crippen molar-refractivity contribution in [2.45, 2.75) is 117 Å². The lowest BCUT2D eigenvalue weighted by Gasteiger charge is -2.23. The molecule has 0 aliphatic carbocycles. The SMILES string of the molecule is CCCCCCCCCCCCCCOc1cc(CN(C(=O)CC)c2cccc(C[n+]3csc(C)c3)c2)ccc1Cl.[Br-]. The molecule has 3 aromatic rings. The number of rotatable bonds is 20. The molecule has 42 heavy (non-hydrogen) atoms. The topological polar surface area (TPSA) is 33.4 Å². The summed E-state index contributed by atoms with van der Waals surface area (Å²) in [5, 5.41) is 0.617. The first-order valence-electron chi connectivity index (χ1n) is 15.7. The molecule has 0 unspecified atom stereocenters. The van der Waals surface area contributed by atoms with Crippen LogP contribution in [0.25, 0.3) is 0 Å². The lowest BCUT2D eigenvalue weighted by Crippen LogP contribution is -3.00. The summed E-state index contributed by atoms with van der Waals surface area (Å²) in [7, 11) is 0. The van der Waals surface area contributed by atoms with Crippen LogP contribution in [0.15, 0.2) is 54.2 Å². The molecular weight excluding hydrogens is 628 g/mol.